The lowest BCUT2D eigenvalue weighted by atomic mass is 10.2. The minimum Gasteiger partial charge on any atom is -0.496 e. The van der Waals surface area contributed by atoms with Gasteiger partial charge in [0.1, 0.15) is 17.4 Å². The van der Waals surface area contributed by atoms with E-state index in [9.17, 15) is 10.1 Å². The van der Waals surface area contributed by atoms with E-state index >= 15 is 0 Å². The summed E-state index contributed by atoms with van der Waals surface area (Å²) < 4.78 is 6.36. The molecule has 0 unspecified atom stereocenters. The molecule has 2 rings (SSSR count). The topological polar surface area (TPSA) is 74.1 Å². The molecule has 0 aliphatic heterocycles. The number of hydrogen-bond donors (Lipinski definition) is 2. The lowest BCUT2D eigenvalue weighted by molar-refractivity contribution is -0.112. The quantitative estimate of drug-likeness (QED) is 0.402. The summed E-state index contributed by atoms with van der Waals surface area (Å²) in [6.07, 6.45) is 1.42. The van der Waals surface area contributed by atoms with Crippen molar-refractivity contribution in [2.24, 2.45) is 0 Å². The number of hydrogen-bond acceptors (Lipinski definition) is 4. The Morgan fingerprint density at radius 2 is 2.08 bits per heavy atom. The third-order valence-electron chi connectivity index (χ3n) is 3.53. The number of carbonyl (C=O) groups is 1. The average molecular weight is 447 g/mol. The molecule has 5 nitrogen and oxygen atoms in total. The van der Waals surface area contributed by atoms with Crippen LogP contribution in [-0.2, 0) is 11.3 Å². The number of rotatable bonds is 6. The standard InChI is InChI=1S/C19H18IN3O2/c1-13-9-16(20)7-8-17(13)23-19(24)15(10-21)12-22-11-14-5-3-4-6-18(14)25-2/h3-9,12,22H,11H2,1-2H3,(H,23,24)/b15-12-. The van der Waals surface area contributed by atoms with E-state index in [1.165, 1.54) is 6.20 Å². The highest BCUT2D eigenvalue weighted by Crippen LogP contribution is 2.19. The fourth-order valence-corrected chi connectivity index (χ4v) is 2.86. The van der Waals surface area contributed by atoms with Gasteiger partial charge < -0.3 is 15.4 Å². The van der Waals surface area contributed by atoms with Gasteiger partial charge in [0, 0.05) is 27.6 Å². The molecule has 1 amide bonds. The van der Waals surface area contributed by atoms with Gasteiger partial charge in [-0.25, -0.2) is 0 Å². The van der Waals surface area contributed by atoms with Gasteiger partial charge in [-0.05, 0) is 59.3 Å². The number of aryl methyl sites for hydroxylation is 1. The largest absolute Gasteiger partial charge is 0.496 e. The van der Waals surface area contributed by atoms with Crippen LogP contribution < -0.4 is 15.4 Å². The van der Waals surface area contributed by atoms with Crippen LogP contribution in [0.3, 0.4) is 0 Å². The molecule has 2 aromatic carbocycles. The van der Waals surface area contributed by atoms with Crippen LogP contribution in [0.5, 0.6) is 5.75 Å². The van der Waals surface area contributed by atoms with Crippen molar-refractivity contribution in [1.29, 1.82) is 5.26 Å². The highest BCUT2D eigenvalue weighted by Gasteiger charge is 2.11. The van der Waals surface area contributed by atoms with Crippen molar-refractivity contribution in [3.63, 3.8) is 0 Å². The third-order valence-corrected chi connectivity index (χ3v) is 4.20. The Morgan fingerprint density at radius 1 is 1.32 bits per heavy atom. The molecule has 0 aromatic heterocycles. The normalized spacial score (nSPS) is 10.7. The molecule has 0 fully saturated rings. The maximum absolute atomic E-state index is 12.3. The van der Waals surface area contributed by atoms with Crippen LogP contribution in [0.4, 0.5) is 5.69 Å². The molecule has 0 heterocycles. The summed E-state index contributed by atoms with van der Waals surface area (Å²) in [5, 5.41) is 15.0. The Bertz CT molecular complexity index is 841. The molecule has 0 saturated carbocycles. The number of halogens is 1. The van der Waals surface area contributed by atoms with Gasteiger partial charge in [-0.1, -0.05) is 18.2 Å². The monoisotopic (exact) mass is 447 g/mol. The number of ether oxygens (including phenoxy) is 1. The summed E-state index contributed by atoms with van der Waals surface area (Å²) in [7, 11) is 1.60. The second-order valence-electron chi connectivity index (χ2n) is 5.28. The molecule has 2 N–H and O–H groups in total. The lowest BCUT2D eigenvalue weighted by Crippen LogP contribution is -2.17. The van der Waals surface area contributed by atoms with E-state index in [1.54, 1.807) is 7.11 Å². The first-order chi connectivity index (χ1) is 12.0. The van der Waals surface area contributed by atoms with Crippen molar-refractivity contribution in [1.82, 2.24) is 5.32 Å². The number of nitriles is 1. The summed E-state index contributed by atoms with van der Waals surface area (Å²) in [5.74, 6) is 0.306. The van der Waals surface area contributed by atoms with E-state index in [2.05, 4.69) is 33.2 Å². The highest BCUT2D eigenvalue weighted by molar-refractivity contribution is 14.1. The van der Waals surface area contributed by atoms with Crippen LogP contribution >= 0.6 is 22.6 Å². The predicted octanol–water partition coefficient (Wildman–Crippen LogP) is 3.74. The zero-order chi connectivity index (χ0) is 18.2. The molecule has 2 aromatic rings. The summed E-state index contributed by atoms with van der Waals surface area (Å²) in [5.41, 5.74) is 2.58. The van der Waals surface area contributed by atoms with E-state index in [1.807, 2.05) is 55.5 Å². The van der Waals surface area contributed by atoms with Gasteiger partial charge in [0.15, 0.2) is 0 Å². The summed E-state index contributed by atoms with van der Waals surface area (Å²) >= 11 is 2.21. The highest BCUT2D eigenvalue weighted by atomic mass is 127. The first kappa shape index (κ1) is 18.8. The smallest absolute Gasteiger partial charge is 0.267 e. The number of amides is 1. The minimum absolute atomic E-state index is 0.00727. The molecule has 0 aliphatic carbocycles. The summed E-state index contributed by atoms with van der Waals surface area (Å²) in [4.78, 5) is 12.3. The second-order valence-corrected chi connectivity index (χ2v) is 6.52. The maximum Gasteiger partial charge on any atom is 0.267 e. The van der Waals surface area contributed by atoms with E-state index < -0.39 is 5.91 Å². The van der Waals surface area contributed by atoms with Crippen LogP contribution in [0.2, 0.25) is 0 Å². The first-order valence-electron chi connectivity index (χ1n) is 7.58. The number of para-hydroxylation sites is 1. The summed E-state index contributed by atoms with van der Waals surface area (Å²) in [6.45, 7) is 2.36. The first-order valence-corrected chi connectivity index (χ1v) is 8.66. The molecular weight excluding hydrogens is 429 g/mol. The van der Waals surface area contributed by atoms with Crippen LogP contribution in [-0.4, -0.2) is 13.0 Å². The molecule has 0 atom stereocenters. The Hall–Kier alpha value is -2.53. The molecule has 25 heavy (non-hydrogen) atoms. The van der Waals surface area contributed by atoms with Gasteiger partial charge in [-0.15, -0.1) is 0 Å². The van der Waals surface area contributed by atoms with Gasteiger partial charge in [0.05, 0.1) is 7.11 Å². The lowest BCUT2D eigenvalue weighted by Gasteiger charge is -2.09. The zero-order valence-electron chi connectivity index (χ0n) is 14.0. The van der Waals surface area contributed by atoms with Crippen molar-refractivity contribution in [2.45, 2.75) is 13.5 Å². The van der Waals surface area contributed by atoms with Crippen molar-refractivity contribution >= 4 is 34.2 Å². The molecular formula is C19H18IN3O2. The van der Waals surface area contributed by atoms with Crippen LogP contribution in [0.1, 0.15) is 11.1 Å². The van der Waals surface area contributed by atoms with Gasteiger partial charge in [-0.3, -0.25) is 4.79 Å². The van der Waals surface area contributed by atoms with Crippen LogP contribution in [0.15, 0.2) is 54.2 Å². The van der Waals surface area contributed by atoms with Crippen molar-refractivity contribution in [2.75, 3.05) is 12.4 Å². The zero-order valence-corrected chi connectivity index (χ0v) is 16.1. The maximum atomic E-state index is 12.3. The number of carbonyl (C=O) groups excluding carboxylic acids is 1. The van der Waals surface area contributed by atoms with E-state index in [0.29, 0.717) is 12.2 Å². The number of methoxy groups -OCH3 is 1. The Labute approximate surface area is 160 Å². The van der Waals surface area contributed by atoms with E-state index in [4.69, 9.17) is 4.74 Å². The number of anilines is 1. The van der Waals surface area contributed by atoms with E-state index in [0.717, 1.165) is 20.4 Å². The molecule has 0 bridgehead atoms. The van der Waals surface area contributed by atoms with Gasteiger partial charge in [-0.2, -0.15) is 5.26 Å². The third kappa shape index (κ3) is 5.22. The fraction of sp³-hybridized carbons (Fsp3) is 0.158. The number of nitrogens with zero attached hydrogens (tertiary/aromatic N) is 1. The van der Waals surface area contributed by atoms with Gasteiger partial charge >= 0.3 is 0 Å². The molecule has 0 aliphatic rings. The van der Waals surface area contributed by atoms with Gasteiger partial charge in [0.2, 0.25) is 0 Å². The number of nitrogens with one attached hydrogen (secondary N) is 2. The van der Waals surface area contributed by atoms with Gasteiger partial charge in [0.25, 0.3) is 5.91 Å². The minimum atomic E-state index is -0.445. The fourth-order valence-electron chi connectivity index (χ4n) is 2.22. The molecule has 0 saturated heterocycles. The Kier molecular flexibility index (Phi) is 6.83. The van der Waals surface area contributed by atoms with E-state index in [-0.39, 0.29) is 5.57 Å². The second kappa shape index (κ2) is 9.08. The van der Waals surface area contributed by atoms with Crippen LogP contribution in [0.25, 0.3) is 0 Å². The van der Waals surface area contributed by atoms with Crippen molar-refractivity contribution < 1.29 is 9.53 Å². The molecule has 0 radical (unpaired) electrons. The van der Waals surface area contributed by atoms with Crippen LogP contribution in [0, 0.1) is 21.8 Å². The molecule has 6 heteroatoms. The SMILES string of the molecule is COc1ccccc1CN/C=C(/C#N)C(=O)Nc1ccc(I)cc1C. The van der Waals surface area contributed by atoms with Crippen molar-refractivity contribution in [3.8, 4) is 11.8 Å². The summed E-state index contributed by atoms with van der Waals surface area (Å²) in [6, 6.07) is 15.2. The predicted molar refractivity (Wildman–Crippen MR) is 106 cm³/mol. The molecule has 0 spiro atoms. The molecule has 128 valence electrons. The Morgan fingerprint density at radius 3 is 2.76 bits per heavy atom. The average Bonchev–Trinajstić information content (AvgIpc) is 2.61. The van der Waals surface area contributed by atoms with Crippen molar-refractivity contribution in [3.05, 3.63) is 68.9 Å². The number of benzene rings is 2. The Balaban J connectivity index is 2.04.